The Hall–Kier alpha value is 0.0169. The van der Waals surface area contributed by atoms with E-state index in [1.165, 1.54) is 0 Å². The monoisotopic (exact) mass is 617 g/mol. The first-order valence-corrected chi connectivity index (χ1v) is 11.4. The topological polar surface area (TPSA) is 19.0 Å². The minimum atomic E-state index is -5.50. The van der Waals surface area contributed by atoms with Crippen LogP contribution in [0, 0.1) is 0 Å². The van der Waals surface area contributed by atoms with E-state index < -0.39 is 47.0 Å². The quantitative estimate of drug-likeness (QED) is 0.159. The fourth-order valence-corrected chi connectivity index (χ4v) is 11.8. The molecule has 0 amide bonds. The summed E-state index contributed by atoms with van der Waals surface area (Å²) in [6.45, 7) is -3.63. The highest BCUT2D eigenvalue weighted by atomic mass is 127. The highest BCUT2D eigenvalue weighted by Crippen LogP contribution is 2.24. The third kappa shape index (κ3) is 17.2. The van der Waals surface area contributed by atoms with Gasteiger partial charge in [0, 0.05) is 0 Å². The second-order valence-corrected chi connectivity index (χ2v) is 13.8. The standard InChI is InChI=1S/C8H21FIN3Si.C5H6F6O.CF4/c1-11(2)14(12(3)4,13(5)6)8(10)7-9;6-3-5(10,11)12-2-1-4(7,8)9;2-1(3,4)5/h8H,7H2,1-6H3;1-3H2;. The summed E-state index contributed by atoms with van der Waals surface area (Å²) in [5.41, 5.74) is 0. The molecule has 0 bridgehead atoms. The maximum Gasteiger partial charge on any atom is 0.559 e. The van der Waals surface area contributed by atoms with Crippen molar-refractivity contribution in [2.75, 3.05) is 62.2 Å². The zero-order chi connectivity index (χ0) is 25.8. The van der Waals surface area contributed by atoms with E-state index in [1.54, 1.807) is 0 Å². The summed E-state index contributed by atoms with van der Waals surface area (Å²) in [5, 5.41) is 0. The van der Waals surface area contributed by atoms with Crippen LogP contribution in [0.2, 0.25) is 0 Å². The molecule has 0 aliphatic heterocycles. The van der Waals surface area contributed by atoms with Crippen molar-refractivity contribution in [1.82, 2.24) is 13.7 Å². The molecule has 192 valence electrons. The van der Waals surface area contributed by atoms with Crippen molar-refractivity contribution in [3.8, 4) is 0 Å². The molecule has 0 aromatic carbocycles. The number of rotatable bonds is 9. The summed E-state index contributed by atoms with van der Waals surface area (Å²) in [6, 6.07) is 0. The predicted octanol–water partition coefficient (Wildman–Crippen LogP) is 4.92. The molecule has 1 unspecified atom stereocenters. The lowest BCUT2D eigenvalue weighted by atomic mass is 10.4. The van der Waals surface area contributed by atoms with E-state index in [1.807, 2.05) is 42.3 Å². The summed E-state index contributed by atoms with van der Waals surface area (Å²) in [5.74, 6) is 0. The Morgan fingerprint density at radius 3 is 1.26 bits per heavy atom. The van der Waals surface area contributed by atoms with Crippen LogP contribution in [0.15, 0.2) is 0 Å². The SMILES string of the molecule is CN(C)[Si](C(I)CF)(N(C)C)N(C)C.FC(F)(F)F.FCC(F)(F)OCCC(F)(F)F. The van der Waals surface area contributed by atoms with Crippen LogP contribution in [0.1, 0.15) is 6.42 Å². The van der Waals surface area contributed by atoms with Gasteiger partial charge < -0.3 is 18.4 Å². The maximum atomic E-state index is 12.9. The van der Waals surface area contributed by atoms with E-state index in [2.05, 4.69) is 41.0 Å². The number of alkyl halides is 12. The third-order valence-electron chi connectivity index (χ3n) is 3.38. The fraction of sp³-hybridized carbons (Fsp3) is 1.00. The van der Waals surface area contributed by atoms with Gasteiger partial charge in [-0.2, -0.15) is 22.0 Å². The fourth-order valence-electron chi connectivity index (χ4n) is 2.50. The number of halogens is 12. The minimum absolute atomic E-state index is 0.0418. The summed E-state index contributed by atoms with van der Waals surface area (Å²) < 4.78 is 130. The van der Waals surface area contributed by atoms with Gasteiger partial charge in [-0.25, -0.2) is 4.39 Å². The van der Waals surface area contributed by atoms with Crippen molar-refractivity contribution in [3.05, 3.63) is 0 Å². The van der Waals surface area contributed by atoms with E-state index in [9.17, 15) is 48.3 Å². The Labute approximate surface area is 189 Å². The Balaban J connectivity index is -0.000000419. The van der Waals surface area contributed by atoms with Crippen LogP contribution in [0.25, 0.3) is 0 Å². The zero-order valence-corrected chi connectivity index (χ0v) is 20.8. The van der Waals surface area contributed by atoms with E-state index in [-0.39, 0.29) is 10.2 Å². The summed E-state index contributed by atoms with van der Waals surface area (Å²) in [6.07, 6.45) is -15.7. The third-order valence-corrected chi connectivity index (χ3v) is 11.2. The molecular formula is C14H27F11IN3OSi. The number of hydrogen-bond acceptors (Lipinski definition) is 4. The molecule has 0 spiro atoms. The lowest BCUT2D eigenvalue weighted by Crippen LogP contribution is -2.75. The van der Waals surface area contributed by atoms with Gasteiger partial charge >= 0.3 is 27.3 Å². The minimum Gasteiger partial charge on any atom is -0.318 e. The molecule has 0 heterocycles. The van der Waals surface area contributed by atoms with Gasteiger partial charge in [-0.05, 0) is 42.3 Å². The van der Waals surface area contributed by atoms with Crippen molar-refractivity contribution in [2.24, 2.45) is 0 Å². The summed E-state index contributed by atoms with van der Waals surface area (Å²) >= 11 is 2.23. The average Bonchev–Trinajstić information content (AvgIpc) is 2.51. The zero-order valence-electron chi connectivity index (χ0n) is 17.7. The van der Waals surface area contributed by atoms with Crippen molar-refractivity contribution in [2.45, 2.75) is 28.7 Å². The molecule has 1 atom stereocenters. The first-order chi connectivity index (χ1) is 13.6. The Morgan fingerprint density at radius 2 is 1.10 bits per heavy atom. The molecule has 0 aromatic heterocycles. The van der Waals surface area contributed by atoms with Crippen molar-refractivity contribution >= 4 is 31.1 Å². The Bertz CT molecular complexity index is 438. The number of ether oxygens (including phenoxy) is 1. The van der Waals surface area contributed by atoms with Crippen molar-refractivity contribution in [1.29, 1.82) is 0 Å². The van der Waals surface area contributed by atoms with Gasteiger partial charge in [0.25, 0.3) is 0 Å². The van der Waals surface area contributed by atoms with Gasteiger partial charge in [-0.15, -0.1) is 17.6 Å². The van der Waals surface area contributed by atoms with Gasteiger partial charge in [0.2, 0.25) is 0 Å². The molecule has 0 aliphatic rings. The van der Waals surface area contributed by atoms with E-state index in [0.717, 1.165) is 0 Å². The van der Waals surface area contributed by atoms with Crippen molar-refractivity contribution in [3.63, 3.8) is 0 Å². The first kappa shape index (κ1) is 35.6. The molecule has 4 nitrogen and oxygen atoms in total. The van der Waals surface area contributed by atoms with Crippen LogP contribution in [-0.4, -0.2) is 107 Å². The van der Waals surface area contributed by atoms with Gasteiger partial charge in [0.15, 0.2) is 6.67 Å². The molecule has 0 saturated heterocycles. The summed E-state index contributed by atoms with van der Waals surface area (Å²) in [4.78, 5) is 0. The lowest BCUT2D eigenvalue weighted by molar-refractivity contribution is -0.257. The van der Waals surface area contributed by atoms with Crippen LogP contribution >= 0.6 is 22.6 Å². The Kier molecular flexibility index (Phi) is 17.3. The highest BCUT2D eigenvalue weighted by molar-refractivity contribution is 14.1. The van der Waals surface area contributed by atoms with E-state index in [0.29, 0.717) is 0 Å². The second-order valence-electron chi connectivity index (χ2n) is 6.41. The van der Waals surface area contributed by atoms with Gasteiger partial charge in [-0.3, -0.25) is 4.39 Å². The van der Waals surface area contributed by atoms with Gasteiger partial charge in [0.1, 0.15) is 6.67 Å². The first-order valence-electron chi connectivity index (χ1n) is 8.20. The average molecular weight is 617 g/mol. The van der Waals surface area contributed by atoms with Crippen LogP contribution in [0.5, 0.6) is 0 Å². The predicted molar refractivity (Wildman–Crippen MR) is 105 cm³/mol. The molecule has 0 fully saturated rings. The smallest absolute Gasteiger partial charge is 0.318 e. The molecule has 0 N–H and O–H groups in total. The number of hydrogen-bond donors (Lipinski definition) is 0. The van der Waals surface area contributed by atoms with Gasteiger partial charge in [-0.1, -0.05) is 22.6 Å². The Morgan fingerprint density at radius 1 is 0.774 bits per heavy atom. The van der Waals surface area contributed by atoms with Crippen LogP contribution in [0.3, 0.4) is 0 Å². The summed E-state index contributed by atoms with van der Waals surface area (Å²) in [7, 11) is 10.2. The molecular weight excluding hydrogens is 590 g/mol. The largest absolute Gasteiger partial charge is 0.559 e. The number of nitrogens with zero attached hydrogens (tertiary/aromatic N) is 3. The molecule has 17 heteroatoms. The lowest BCUT2D eigenvalue weighted by Gasteiger charge is -2.48. The maximum absolute atomic E-state index is 12.9. The molecule has 0 aliphatic carbocycles. The molecule has 0 saturated carbocycles. The van der Waals surface area contributed by atoms with Crippen LogP contribution in [0.4, 0.5) is 48.3 Å². The second kappa shape index (κ2) is 15.0. The molecule has 0 aromatic rings. The highest BCUT2D eigenvalue weighted by Gasteiger charge is 2.49. The van der Waals surface area contributed by atoms with Gasteiger partial charge in [0.05, 0.1) is 16.6 Å². The molecule has 0 rings (SSSR count). The van der Waals surface area contributed by atoms with Crippen LogP contribution < -0.4 is 0 Å². The van der Waals surface area contributed by atoms with Crippen molar-refractivity contribution < 1.29 is 53.0 Å². The van der Waals surface area contributed by atoms with E-state index in [4.69, 9.17) is 0 Å². The normalized spacial score (nSPS) is 14.2. The molecule has 0 radical (unpaired) electrons. The molecule has 31 heavy (non-hydrogen) atoms. The van der Waals surface area contributed by atoms with Crippen LogP contribution in [-0.2, 0) is 4.74 Å². The van der Waals surface area contributed by atoms with E-state index >= 15 is 0 Å².